The second-order valence-electron chi connectivity index (χ2n) is 4.58. The van der Waals surface area contributed by atoms with Gasteiger partial charge in [-0.25, -0.2) is 4.98 Å². The first-order valence-corrected chi connectivity index (χ1v) is 7.38. The van der Waals surface area contributed by atoms with Crippen LogP contribution in [0.2, 0.25) is 5.02 Å². The summed E-state index contributed by atoms with van der Waals surface area (Å²) < 4.78 is 0.906. The molecule has 0 fully saturated rings. The molecule has 100 valence electrons. The van der Waals surface area contributed by atoms with E-state index in [4.69, 9.17) is 17.3 Å². The highest BCUT2D eigenvalue weighted by Crippen LogP contribution is 2.29. The van der Waals surface area contributed by atoms with Crippen LogP contribution in [-0.4, -0.2) is 4.98 Å². The SMILES string of the molecule is NC(c1cccc(Cl)c1)c1nc2ccccc2cc1Br. The van der Waals surface area contributed by atoms with E-state index in [-0.39, 0.29) is 6.04 Å². The number of nitrogens with two attached hydrogens (primary N) is 1. The molecule has 1 unspecified atom stereocenters. The summed E-state index contributed by atoms with van der Waals surface area (Å²) in [5, 5.41) is 1.76. The van der Waals surface area contributed by atoms with Crippen molar-refractivity contribution in [3.63, 3.8) is 0 Å². The monoisotopic (exact) mass is 346 g/mol. The Morgan fingerprint density at radius 1 is 1.05 bits per heavy atom. The smallest absolute Gasteiger partial charge is 0.0765 e. The third-order valence-corrected chi connectivity index (χ3v) is 4.08. The van der Waals surface area contributed by atoms with Crippen molar-refractivity contribution in [2.75, 3.05) is 0 Å². The topological polar surface area (TPSA) is 38.9 Å². The lowest BCUT2D eigenvalue weighted by Crippen LogP contribution is -2.14. The van der Waals surface area contributed by atoms with Crippen molar-refractivity contribution in [1.29, 1.82) is 0 Å². The lowest BCUT2D eigenvalue weighted by atomic mass is 10.0. The predicted molar refractivity (Wildman–Crippen MR) is 86.9 cm³/mol. The van der Waals surface area contributed by atoms with Gasteiger partial charge in [0.1, 0.15) is 0 Å². The molecule has 3 rings (SSSR count). The maximum Gasteiger partial charge on any atom is 0.0765 e. The van der Waals surface area contributed by atoms with Crippen LogP contribution < -0.4 is 5.73 Å². The maximum absolute atomic E-state index is 6.33. The van der Waals surface area contributed by atoms with Gasteiger partial charge in [-0.3, -0.25) is 0 Å². The van der Waals surface area contributed by atoms with Crippen LogP contribution in [0, 0.1) is 0 Å². The molecule has 2 N–H and O–H groups in total. The van der Waals surface area contributed by atoms with Gasteiger partial charge in [0.2, 0.25) is 0 Å². The molecule has 4 heteroatoms. The Hall–Kier alpha value is -1.42. The average molecular weight is 348 g/mol. The summed E-state index contributed by atoms with van der Waals surface area (Å²) in [4.78, 5) is 4.67. The molecule has 3 aromatic rings. The molecule has 1 heterocycles. The van der Waals surface area contributed by atoms with E-state index < -0.39 is 0 Å². The van der Waals surface area contributed by atoms with Crippen LogP contribution in [0.1, 0.15) is 17.3 Å². The van der Waals surface area contributed by atoms with Gasteiger partial charge in [0.05, 0.1) is 17.3 Å². The summed E-state index contributed by atoms with van der Waals surface area (Å²) >= 11 is 9.58. The fraction of sp³-hybridized carbons (Fsp3) is 0.0625. The molecule has 2 nitrogen and oxygen atoms in total. The first kappa shape index (κ1) is 13.6. The molecule has 1 aromatic heterocycles. The number of hydrogen-bond donors (Lipinski definition) is 1. The Morgan fingerprint density at radius 2 is 1.85 bits per heavy atom. The van der Waals surface area contributed by atoms with Crippen molar-refractivity contribution >= 4 is 38.4 Å². The number of rotatable bonds is 2. The van der Waals surface area contributed by atoms with Crippen LogP contribution in [0.4, 0.5) is 0 Å². The number of para-hydroxylation sites is 1. The summed E-state index contributed by atoms with van der Waals surface area (Å²) in [5.41, 5.74) is 9.02. The molecule has 0 spiro atoms. The molecule has 2 aromatic carbocycles. The first-order chi connectivity index (χ1) is 9.65. The molecule has 20 heavy (non-hydrogen) atoms. The van der Waals surface area contributed by atoms with Crippen LogP contribution in [0.3, 0.4) is 0 Å². The fourth-order valence-corrected chi connectivity index (χ4v) is 2.96. The summed E-state index contributed by atoms with van der Waals surface area (Å²) in [6, 6.07) is 17.3. The van der Waals surface area contributed by atoms with Crippen molar-refractivity contribution in [3.05, 3.63) is 75.4 Å². The summed E-state index contributed by atoms with van der Waals surface area (Å²) in [6.45, 7) is 0. The van der Waals surface area contributed by atoms with Gasteiger partial charge in [-0.15, -0.1) is 0 Å². The summed E-state index contributed by atoms with van der Waals surface area (Å²) in [6.07, 6.45) is 0. The summed E-state index contributed by atoms with van der Waals surface area (Å²) in [7, 11) is 0. The average Bonchev–Trinajstić information content (AvgIpc) is 2.46. The third-order valence-electron chi connectivity index (χ3n) is 3.21. The Labute approximate surface area is 130 Å². The minimum absolute atomic E-state index is 0.312. The van der Waals surface area contributed by atoms with Gasteiger partial charge in [-0.2, -0.15) is 0 Å². The zero-order valence-electron chi connectivity index (χ0n) is 10.6. The molecule has 1 atom stereocenters. The second kappa shape index (κ2) is 5.52. The van der Waals surface area contributed by atoms with Crippen molar-refractivity contribution in [1.82, 2.24) is 4.98 Å². The van der Waals surface area contributed by atoms with Gasteiger partial charge in [0, 0.05) is 14.9 Å². The molecule has 0 aliphatic rings. The minimum atomic E-state index is -0.312. The lowest BCUT2D eigenvalue weighted by molar-refractivity contribution is 0.829. The molecule has 0 radical (unpaired) electrons. The quantitative estimate of drug-likeness (QED) is 0.730. The van der Waals surface area contributed by atoms with Crippen LogP contribution in [0.5, 0.6) is 0 Å². The molecule has 0 aliphatic heterocycles. The second-order valence-corrected chi connectivity index (χ2v) is 5.87. The maximum atomic E-state index is 6.33. The van der Waals surface area contributed by atoms with E-state index in [1.165, 1.54) is 0 Å². The van der Waals surface area contributed by atoms with Gasteiger partial charge in [-0.1, -0.05) is 41.9 Å². The molecular formula is C16H12BrClN2. The zero-order chi connectivity index (χ0) is 14.1. The molecule has 0 amide bonds. The zero-order valence-corrected chi connectivity index (χ0v) is 12.9. The number of pyridine rings is 1. The van der Waals surface area contributed by atoms with Gasteiger partial charge < -0.3 is 5.73 Å². The third kappa shape index (κ3) is 2.57. The predicted octanol–water partition coefficient (Wildman–Crippen LogP) is 4.70. The molecular weight excluding hydrogens is 336 g/mol. The Bertz CT molecular complexity index is 773. The number of aromatic nitrogens is 1. The van der Waals surface area contributed by atoms with Gasteiger partial charge in [0.25, 0.3) is 0 Å². The van der Waals surface area contributed by atoms with Gasteiger partial charge in [-0.05, 0) is 45.8 Å². The number of nitrogens with zero attached hydrogens (tertiary/aromatic N) is 1. The van der Waals surface area contributed by atoms with Gasteiger partial charge >= 0.3 is 0 Å². The normalized spacial score (nSPS) is 12.6. The Balaban J connectivity index is 2.11. The molecule has 0 saturated carbocycles. The highest BCUT2D eigenvalue weighted by atomic mass is 79.9. The van der Waals surface area contributed by atoms with Gasteiger partial charge in [0.15, 0.2) is 0 Å². The van der Waals surface area contributed by atoms with E-state index in [0.717, 1.165) is 26.6 Å². The van der Waals surface area contributed by atoms with Crippen molar-refractivity contribution in [3.8, 4) is 0 Å². The molecule has 0 bridgehead atoms. The van der Waals surface area contributed by atoms with E-state index in [9.17, 15) is 0 Å². The molecule has 0 aliphatic carbocycles. The highest BCUT2D eigenvalue weighted by Gasteiger charge is 2.15. The standard InChI is InChI=1S/C16H12BrClN2/c17-13-9-10-4-1-2-7-14(10)20-16(13)15(19)11-5-3-6-12(18)8-11/h1-9,15H,19H2. The van der Waals surface area contributed by atoms with Crippen LogP contribution in [0.25, 0.3) is 10.9 Å². The lowest BCUT2D eigenvalue weighted by Gasteiger charge is -2.14. The number of benzene rings is 2. The van der Waals surface area contributed by atoms with E-state index in [0.29, 0.717) is 5.02 Å². The van der Waals surface area contributed by atoms with Crippen molar-refractivity contribution < 1.29 is 0 Å². The van der Waals surface area contributed by atoms with Crippen molar-refractivity contribution in [2.24, 2.45) is 5.73 Å². The first-order valence-electron chi connectivity index (χ1n) is 6.21. The van der Waals surface area contributed by atoms with Crippen LogP contribution in [-0.2, 0) is 0 Å². The Kier molecular flexibility index (Phi) is 3.74. The summed E-state index contributed by atoms with van der Waals surface area (Å²) in [5.74, 6) is 0. The van der Waals surface area contributed by atoms with Crippen molar-refractivity contribution in [2.45, 2.75) is 6.04 Å². The largest absolute Gasteiger partial charge is 0.319 e. The number of halogens is 2. The number of hydrogen-bond acceptors (Lipinski definition) is 2. The van der Waals surface area contributed by atoms with Crippen LogP contribution >= 0.6 is 27.5 Å². The van der Waals surface area contributed by atoms with E-state index in [2.05, 4.69) is 20.9 Å². The van der Waals surface area contributed by atoms with E-state index >= 15 is 0 Å². The van der Waals surface area contributed by atoms with E-state index in [1.807, 2.05) is 54.6 Å². The Morgan fingerprint density at radius 3 is 2.65 bits per heavy atom. The number of fused-ring (bicyclic) bond motifs is 1. The molecule has 0 saturated heterocycles. The fourth-order valence-electron chi connectivity index (χ4n) is 2.18. The van der Waals surface area contributed by atoms with Crippen LogP contribution in [0.15, 0.2) is 59.1 Å². The van der Waals surface area contributed by atoms with E-state index in [1.54, 1.807) is 0 Å². The highest BCUT2D eigenvalue weighted by molar-refractivity contribution is 9.10. The minimum Gasteiger partial charge on any atom is -0.319 e.